The minimum absolute atomic E-state index is 0.125. The summed E-state index contributed by atoms with van der Waals surface area (Å²) in [5.74, 6) is -0.0265. The van der Waals surface area contributed by atoms with Gasteiger partial charge in [-0.15, -0.1) is 11.8 Å². The molecule has 1 nitrogen and oxygen atoms in total. The average molecular weight is 587 g/mol. The molecule has 4 rings (SSSR count). The van der Waals surface area contributed by atoms with Crippen LogP contribution in [0.4, 0.5) is 17.6 Å². The minimum atomic E-state index is -4.18. The zero-order valence-corrected chi connectivity index (χ0v) is 24.9. The summed E-state index contributed by atoms with van der Waals surface area (Å²) in [5.41, 5.74) is 2.82. The van der Waals surface area contributed by atoms with Crippen LogP contribution in [-0.4, -0.2) is 24.1 Å². The number of alkyl halides is 3. The van der Waals surface area contributed by atoms with Crippen LogP contribution in [0.5, 0.6) is 0 Å². The van der Waals surface area contributed by atoms with E-state index in [0.717, 1.165) is 63.4 Å². The van der Waals surface area contributed by atoms with Crippen LogP contribution in [0.3, 0.4) is 0 Å². The van der Waals surface area contributed by atoms with Crippen LogP contribution in [0, 0.1) is 17.3 Å². The number of rotatable bonds is 10. The molecule has 0 radical (unpaired) electrons. The summed E-state index contributed by atoms with van der Waals surface area (Å²) >= 11 is 8.11. The number of ether oxygens (including phenoxy) is 1. The quantitative estimate of drug-likeness (QED) is 0.186. The minimum Gasteiger partial charge on any atom is -0.374 e. The molecule has 0 aromatic rings. The molecule has 4 aliphatic carbocycles. The van der Waals surface area contributed by atoms with Crippen LogP contribution >= 0.6 is 23.4 Å². The average Bonchev–Trinajstić information content (AvgIpc) is 3.42. The molecule has 0 aromatic heterocycles. The van der Waals surface area contributed by atoms with Crippen LogP contribution in [-0.2, 0) is 4.74 Å². The molecule has 0 heterocycles. The van der Waals surface area contributed by atoms with Gasteiger partial charge in [-0.2, -0.15) is 13.2 Å². The Labute approximate surface area is 241 Å². The van der Waals surface area contributed by atoms with Crippen LogP contribution < -0.4 is 0 Å². The summed E-state index contributed by atoms with van der Waals surface area (Å²) in [6.07, 6.45) is 15.7. The highest BCUT2D eigenvalue weighted by Gasteiger charge is 2.40. The summed E-state index contributed by atoms with van der Waals surface area (Å²) in [7, 11) is 0. The fourth-order valence-electron chi connectivity index (χ4n) is 7.06. The number of allylic oxidation sites excluding steroid dienone is 8. The molecule has 4 aliphatic rings. The van der Waals surface area contributed by atoms with Crippen LogP contribution in [0.25, 0.3) is 0 Å². The van der Waals surface area contributed by atoms with Gasteiger partial charge in [-0.05, 0) is 125 Å². The third kappa shape index (κ3) is 8.75. The van der Waals surface area contributed by atoms with Gasteiger partial charge in [-0.25, -0.2) is 4.39 Å². The summed E-state index contributed by atoms with van der Waals surface area (Å²) in [6, 6.07) is 0. The molecule has 0 saturated heterocycles. The van der Waals surface area contributed by atoms with Crippen molar-refractivity contribution in [3.63, 3.8) is 0 Å². The van der Waals surface area contributed by atoms with Crippen molar-refractivity contribution in [2.24, 2.45) is 17.3 Å². The second-order valence-corrected chi connectivity index (χ2v) is 13.8. The van der Waals surface area contributed by atoms with Crippen LogP contribution in [0.15, 0.2) is 57.3 Å². The summed E-state index contributed by atoms with van der Waals surface area (Å²) in [6.45, 7) is 4.91. The predicted molar refractivity (Wildman–Crippen MR) is 155 cm³/mol. The Bertz CT molecular complexity index is 1000. The first-order valence-electron chi connectivity index (χ1n) is 14.7. The lowest BCUT2D eigenvalue weighted by atomic mass is 9.64. The molecule has 0 aliphatic heterocycles. The summed E-state index contributed by atoms with van der Waals surface area (Å²) in [5, 5.41) is 0.946. The second kappa shape index (κ2) is 13.8. The molecule has 39 heavy (non-hydrogen) atoms. The van der Waals surface area contributed by atoms with Crippen molar-refractivity contribution in [1.82, 2.24) is 0 Å². The fourth-order valence-corrected chi connectivity index (χ4v) is 8.73. The summed E-state index contributed by atoms with van der Waals surface area (Å²) in [4.78, 5) is 1.21. The van der Waals surface area contributed by atoms with E-state index in [0.29, 0.717) is 29.2 Å². The molecule has 0 bridgehead atoms. The van der Waals surface area contributed by atoms with Gasteiger partial charge in [-0.1, -0.05) is 36.2 Å². The van der Waals surface area contributed by atoms with Crippen molar-refractivity contribution >= 4 is 23.4 Å². The van der Waals surface area contributed by atoms with E-state index < -0.39 is 18.5 Å². The SMILES string of the molecule is C/C=C(\SC(C)C1CCC(CCOC2C=C(Cl)CC(CC(F)(F)F)C2)(C2=CCCC2)CC1)C1=CC(F)=CCC1. The third-order valence-electron chi connectivity index (χ3n) is 9.18. The Balaban J connectivity index is 1.33. The first-order valence-corrected chi connectivity index (χ1v) is 16.0. The lowest BCUT2D eigenvalue weighted by molar-refractivity contribution is -0.147. The Morgan fingerprint density at radius 2 is 1.97 bits per heavy atom. The zero-order valence-electron chi connectivity index (χ0n) is 23.3. The van der Waals surface area contributed by atoms with E-state index in [-0.39, 0.29) is 23.8 Å². The van der Waals surface area contributed by atoms with Crippen LogP contribution in [0.2, 0.25) is 0 Å². The molecule has 1 fully saturated rings. The molecule has 3 atom stereocenters. The Morgan fingerprint density at radius 1 is 1.21 bits per heavy atom. The number of halogens is 5. The molecule has 0 spiro atoms. The fraction of sp³-hybridized carbons (Fsp3) is 0.688. The Hall–Kier alpha value is -0.980. The highest BCUT2D eigenvalue weighted by atomic mass is 35.5. The molecule has 0 N–H and O–H groups in total. The van der Waals surface area contributed by atoms with E-state index >= 15 is 0 Å². The van der Waals surface area contributed by atoms with Crippen molar-refractivity contribution in [3.05, 3.63) is 57.3 Å². The largest absolute Gasteiger partial charge is 0.389 e. The maximum atomic E-state index is 13.9. The highest BCUT2D eigenvalue weighted by Crippen LogP contribution is 2.52. The number of thioether (sulfide) groups is 1. The molecular weight excluding hydrogens is 544 g/mol. The number of hydrogen-bond donors (Lipinski definition) is 0. The van der Waals surface area contributed by atoms with Crippen molar-refractivity contribution in [1.29, 1.82) is 0 Å². The second-order valence-electron chi connectivity index (χ2n) is 11.9. The molecule has 0 aromatic carbocycles. The van der Waals surface area contributed by atoms with Crippen molar-refractivity contribution in [2.45, 2.75) is 115 Å². The molecule has 0 amide bonds. The third-order valence-corrected chi connectivity index (χ3v) is 11.0. The maximum absolute atomic E-state index is 13.9. The van der Waals surface area contributed by atoms with Gasteiger partial charge in [0.05, 0.1) is 6.10 Å². The first kappa shape index (κ1) is 31.0. The predicted octanol–water partition coefficient (Wildman–Crippen LogP) is 11.1. The Morgan fingerprint density at radius 3 is 2.62 bits per heavy atom. The number of hydrogen-bond acceptors (Lipinski definition) is 2. The lowest BCUT2D eigenvalue weighted by Crippen LogP contribution is -2.34. The van der Waals surface area contributed by atoms with E-state index in [1.807, 2.05) is 24.8 Å². The standard InChI is InChI=1S/C32H43ClF4OS/c1-3-30(25-7-6-10-28(34)19-25)39-22(2)24-11-13-31(14-12-24,26-8-4-5-9-26)15-16-38-29-18-23(17-27(33)20-29)21-32(35,36)37/h3,8,10,19-20,22-24,29H,4-7,9,11-18,21H2,1-2H3/b30-3-. The molecule has 1 saturated carbocycles. The van der Waals surface area contributed by atoms with Crippen molar-refractivity contribution in [2.75, 3.05) is 6.61 Å². The van der Waals surface area contributed by atoms with Crippen LogP contribution in [0.1, 0.15) is 97.3 Å². The van der Waals surface area contributed by atoms with E-state index in [2.05, 4.69) is 19.1 Å². The molecule has 3 unspecified atom stereocenters. The molecular formula is C32H43ClF4OS. The topological polar surface area (TPSA) is 9.23 Å². The van der Waals surface area contributed by atoms with Gasteiger partial charge < -0.3 is 4.74 Å². The summed E-state index contributed by atoms with van der Waals surface area (Å²) < 4.78 is 59.0. The maximum Gasteiger partial charge on any atom is 0.389 e. The van der Waals surface area contributed by atoms with Gasteiger partial charge in [0.15, 0.2) is 0 Å². The van der Waals surface area contributed by atoms with E-state index in [1.165, 1.54) is 11.3 Å². The van der Waals surface area contributed by atoms with E-state index in [4.69, 9.17) is 16.3 Å². The van der Waals surface area contributed by atoms with E-state index in [9.17, 15) is 17.6 Å². The zero-order chi connectivity index (χ0) is 28.0. The van der Waals surface area contributed by atoms with Gasteiger partial charge in [0, 0.05) is 28.2 Å². The van der Waals surface area contributed by atoms with Gasteiger partial charge in [0.1, 0.15) is 5.83 Å². The smallest absolute Gasteiger partial charge is 0.374 e. The lowest BCUT2D eigenvalue weighted by Gasteiger charge is -2.43. The van der Waals surface area contributed by atoms with Gasteiger partial charge in [-0.3, -0.25) is 0 Å². The van der Waals surface area contributed by atoms with Gasteiger partial charge >= 0.3 is 6.18 Å². The Kier molecular flexibility index (Phi) is 10.9. The van der Waals surface area contributed by atoms with Crippen molar-refractivity contribution in [3.8, 4) is 0 Å². The molecule has 218 valence electrons. The first-order chi connectivity index (χ1) is 18.6. The normalized spacial score (nSPS) is 31.4. The van der Waals surface area contributed by atoms with Gasteiger partial charge in [0.25, 0.3) is 0 Å². The van der Waals surface area contributed by atoms with E-state index in [1.54, 1.807) is 17.7 Å². The monoisotopic (exact) mass is 586 g/mol. The highest BCUT2D eigenvalue weighted by molar-refractivity contribution is 8.03. The van der Waals surface area contributed by atoms with Gasteiger partial charge in [0.2, 0.25) is 0 Å². The van der Waals surface area contributed by atoms with Crippen molar-refractivity contribution < 1.29 is 22.3 Å². The molecule has 7 heteroatoms.